The fourth-order valence-corrected chi connectivity index (χ4v) is 8.09. The van der Waals surface area contributed by atoms with Crippen LogP contribution in [0.15, 0.2) is 11.6 Å². The van der Waals surface area contributed by atoms with Gasteiger partial charge in [0, 0.05) is 37.2 Å². The molecule has 0 aromatic carbocycles. The van der Waals surface area contributed by atoms with Crippen LogP contribution < -0.4 is 0 Å². The molecule has 3 aliphatic rings. The van der Waals surface area contributed by atoms with Crippen molar-refractivity contribution in [1.82, 2.24) is 0 Å². The number of carbonyl (C=O) groups is 3. The Morgan fingerprint density at radius 2 is 1.73 bits per heavy atom. The Balaban J connectivity index is 2.04. The van der Waals surface area contributed by atoms with Crippen molar-refractivity contribution in [3.8, 4) is 0 Å². The third-order valence-corrected chi connectivity index (χ3v) is 10.7. The minimum Gasteiger partial charge on any atom is -0.462 e. The first kappa shape index (κ1) is 32.9. The summed E-state index contributed by atoms with van der Waals surface area (Å²) in [6, 6.07) is 0. The fourth-order valence-electron chi connectivity index (χ4n) is 8.09. The number of hydrogen-bond donors (Lipinski definition) is 4. The smallest absolute Gasteiger partial charge is 0.309 e. The second-order valence-corrected chi connectivity index (χ2v) is 13.7. The number of hydrogen-bond acceptors (Lipinski definition) is 9. The van der Waals surface area contributed by atoms with Crippen molar-refractivity contribution in [3.63, 3.8) is 0 Å². The van der Waals surface area contributed by atoms with Crippen LogP contribution in [0, 0.1) is 46.8 Å². The third-order valence-electron chi connectivity index (χ3n) is 10.7. The number of fused-ring (bicyclic) bond motifs is 4. The molecule has 4 N–H and O–H groups in total. The molecule has 2 aliphatic carbocycles. The summed E-state index contributed by atoms with van der Waals surface area (Å²) in [6.45, 7) is 14.4. The normalized spacial score (nSPS) is 40.9. The number of aliphatic hydroxyl groups is 4. The maximum atomic E-state index is 13.6. The summed E-state index contributed by atoms with van der Waals surface area (Å²) >= 11 is 0. The van der Waals surface area contributed by atoms with Crippen molar-refractivity contribution in [2.75, 3.05) is 7.11 Å². The number of methoxy groups -OCH3 is 1. The predicted molar refractivity (Wildman–Crippen MR) is 148 cm³/mol. The van der Waals surface area contributed by atoms with Crippen molar-refractivity contribution >= 4 is 17.5 Å². The van der Waals surface area contributed by atoms with Gasteiger partial charge in [-0.15, -0.1) is 0 Å². The first-order valence-electron chi connectivity index (χ1n) is 14.7. The molecule has 2 fully saturated rings. The lowest BCUT2D eigenvalue weighted by atomic mass is 9.48. The minimum absolute atomic E-state index is 0.0353. The Morgan fingerprint density at radius 1 is 1.15 bits per heavy atom. The van der Waals surface area contributed by atoms with Gasteiger partial charge in [0.25, 0.3) is 0 Å². The van der Waals surface area contributed by atoms with Crippen LogP contribution in [0.25, 0.3) is 0 Å². The van der Waals surface area contributed by atoms with Gasteiger partial charge in [0.1, 0.15) is 24.1 Å². The number of aliphatic hydroxyl groups excluding tert-OH is 2. The van der Waals surface area contributed by atoms with E-state index in [0.717, 1.165) is 0 Å². The molecule has 0 amide bonds. The quantitative estimate of drug-likeness (QED) is 0.269. The number of ether oxygens (including phenoxy) is 2. The van der Waals surface area contributed by atoms with Crippen LogP contribution in [0.3, 0.4) is 0 Å². The van der Waals surface area contributed by atoms with Crippen molar-refractivity contribution in [3.05, 3.63) is 11.6 Å². The fraction of sp³-hybridized carbons (Fsp3) is 0.839. The van der Waals surface area contributed by atoms with E-state index < -0.39 is 76.5 Å². The summed E-state index contributed by atoms with van der Waals surface area (Å²) in [4.78, 5) is 39.7. The number of rotatable bonds is 7. The highest BCUT2D eigenvalue weighted by molar-refractivity contribution is 5.96. The maximum absolute atomic E-state index is 13.6. The Bertz CT molecular complexity index is 1010. The Hall–Kier alpha value is -1.65. The number of ketones is 2. The molecule has 0 spiro atoms. The molecule has 2 bridgehead atoms. The highest BCUT2D eigenvalue weighted by atomic mass is 16.6. The van der Waals surface area contributed by atoms with Crippen LogP contribution in [0.1, 0.15) is 81.1 Å². The van der Waals surface area contributed by atoms with Gasteiger partial charge in [-0.3, -0.25) is 14.4 Å². The molecule has 10 atom stereocenters. The van der Waals surface area contributed by atoms with Gasteiger partial charge in [0.15, 0.2) is 11.6 Å². The molecule has 1 heterocycles. The van der Waals surface area contributed by atoms with Gasteiger partial charge < -0.3 is 29.9 Å². The standard InChI is InChI=1S/C31H50O9/c1-15(2)30(37,16(3)4)14-21(32)12-20-10-18(6)26(34)31(38,39-9)25-19(7)24(40-28(20)36)13-22-17(5)11-23(33)27(35)29(22,25)8/h11,15-16,18-20,22,24-27,34-35,37-38H,10,12-14H2,1-9H3/t18-,19?,20?,22+,24-,25?,26-,27-,29+,31?/m1/s1. The minimum atomic E-state index is -2.18. The second kappa shape index (κ2) is 11.6. The van der Waals surface area contributed by atoms with Crippen molar-refractivity contribution in [1.29, 1.82) is 0 Å². The summed E-state index contributed by atoms with van der Waals surface area (Å²) < 4.78 is 11.7. The Kier molecular flexibility index (Phi) is 9.49. The molecular weight excluding hydrogens is 516 g/mol. The summed E-state index contributed by atoms with van der Waals surface area (Å²) in [5.41, 5.74) is -1.73. The highest BCUT2D eigenvalue weighted by Gasteiger charge is 2.67. The molecule has 9 heteroatoms. The lowest BCUT2D eigenvalue weighted by Crippen LogP contribution is -2.69. The number of carbonyl (C=O) groups excluding carboxylic acids is 3. The van der Waals surface area contributed by atoms with E-state index in [0.29, 0.717) is 12.0 Å². The summed E-state index contributed by atoms with van der Waals surface area (Å²) in [7, 11) is 1.28. The zero-order valence-electron chi connectivity index (χ0n) is 25.5. The topological polar surface area (TPSA) is 151 Å². The number of esters is 1. The monoisotopic (exact) mass is 566 g/mol. The molecule has 1 saturated carbocycles. The van der Waals surface area contributed by atoms with Gasteiger partial charge >= 0.3 is 5.97 Å². The molecule has 228 valence electrons. The van der Waals surface area contributed by atoms with Crippen molar-refractivity contribution < 1.29 is 44.3 Å². The van der Waals surface area contributed by atoms with Crippen LogP contribution >= 0.6 is 0 Å². The lowest BCUT2D eigenvalue weighted by molar-refractivity contribution is -0.334. The summed E-state index contributed by atoms with van der Waals surface area (Å²) in [5, 5.41) is 46.1. The van der Waals surface area contributed by atoms with Gasteiger partial charge in [-0.1, -0.05) is 54.0 Å². The van der Waals surface area contributed by atoms with E-state index >= 15 is 0 Å². The Morgan fingerprint density at radius 3 is 2.25 bits per heavy atom. The van der Waals surface area contributed by atoms with Gasteiger partial charge in [0.05, 0.1) is 11.5 Å². The lowest BCUT2D eigenvalue weighted by Gasteiger charge is -2.61. The zero-order chi connectivity index (χ0) is 30.5. The molecule has 0 aromatic heterocycles. The van der Waals surface area contributed by atoms with E-state index in [-0.39, 0.29) is 36.9 Å². The van der Waals surface area contributed by atoms with Gasteiger partial charge in [-0.05, 0) is 49.5 Å². The molecule has 1 aliphatic heterocycles. The molecule has 4 unspecified atom stereocenters. The van der Waals surface area contributed by atoms with Crippen molar-refractivity contribution in [2.24, 2.45) is 46.8 Å². The average Bonchev–Trinajstić information content (AvgIpc) is 2.86. The number of allylic oxidation sites excluding steroid dienone is 1. The van der Waals surface area contributed by atoms with E-state index in [2.05, 4.69) is 0 Å². The number of Topliss-reactive ketones (excluding diaryl/α,β-unsaturated/α-hetero) is 1. The molecular formula is C31H50O9. The van der Waals surface area contributed by atoms with Crippen LogP contribution in [-0.2, 0) is 23.9 Å². The van der Waals surface area contributed by atoms with E-state index in [9.17, 15) is 34.8 Å². The first-order valence-corrected chi connectivity index (χ1v) is 14.7. The molecule has 3 rings (SSSR count). The third kappa shape index (κ3) is 5.33. The van der Waals surface area contributed by atoms with Gasteiger partial charge in [-0.2, -0.15) is 0 Å². The SMILES string of the molecule is COC1(O)C2C(C)[C@@H](C[C@H]3C(C)=CC(=O)[C@@H](O)[C@]23C)OC(=O)C(CC(=O)CC(O)(C(C)C)C(C)C)C[C@@H](C)[C@H]1O. The van der Waals surface area contributed by atoms with Crippen molar-refractivity contribution in [2.45, 2.75) is 111 Å². The van der Waals surface area contributed by atoms with Crippen LogP contribution in [-0.4, -0.2) is 74.8 Å². The Labute approximate surface area is 238 Å². The van der Waals surface area contributed by atoms with Gasteiger partial charge in [0.2, 0.25) is 0 Å². The van der Waals surface area contributed by atoms with E-state index in [1.807, 2.05) is 27.7 Å². The van der Waals surface area contributed by atoms with Crippen LogP contribution in [0.4, 0.5) is 0 Å². The largest absolute Gasteiger partial charge is 0.462 e. The molecule has 40 heavy (non-hydrogen) atoms. The summed E-state index contributed by atoms with van der Waals surface area (Å²) in [6.07, 6.45) is -2.20. The average molecular weight is 567 g/mol. The van der Waals surface area contributed by atoms with E-state index in [4.69, 9.17) is 9.47 Å². The van der Waals surface area contributed by atoms with E-state index in [1.165, 1.54) is 13.2 Å². The van der Waals surface area contributed by atoms with E-state index in [1.54, 1.807) is 27.7 Å². The maximum Gasteiger partial charge on any atom is 0.309 e. The molecule has 0 radical (unpaired) electrons. The second-order valence-electron chi connectivity index (χ2n) is 13.7. The van der Waals surface area contributed by atoms with Crippen LogP contribution in [0.2, 0.25) is 0 Å². The summed E-state index contributed by atoms with van der Waals surface area (Å²) in [5.74, 6) is -7.46. The highest BCUT2D eigenvalue weighted by Crippen LogP contribution is 2.60. The predicted octanol–water partition coefficient (Wildman–Crippen LogP) is 2.81. The van der Waals surface area contributed by atoms with Gasteiger partial charge in [-0.25, -0.2) is 0 Å². The molecule has 9 nitrogen and oxygen atoms in total. The zero-order valence-corrected chi connectivity index (χ0v) is 25.5. The molecule has 0 aromatic rings. The molecule has 1 saturated heterocycles. The van der Waals surface area contributed by atoms with Crippen LogP contribution in [0.5, 0.6) is 0 Å². The first-order chi connectivity index (χ1) is 18.4.